The zero-order chi connectivity index (χ0) is 17.4. The third kappa shape index (κ3) is 2.04. The highest BCUT2D eigenvalue weighted by Crippen LogP contribution is 2.69. The van der Waals surface area contributed by atoms with Crippen LogP contribution >= 0.6 is 0 Å². The number of hydrogen-bond donors (Lipinski definition) is 1. The highest BCUT2D eigenvalue weighted by atomic mass is 16.7. The summed E-state index contributed by atoms with van der Waals surface area (Å²) in [6.07, 6.45) is 9.76. The number of hydrogen-bond acceptors (Lipinski definition) is 3. The first kappa shape index (κ1) is 17.0. The van der Waals surface area contributed by atoms with Crippen LogP contribution in [0.2, 0.25) is 0 Å². The highest BCUT2D eigenvalue weighted by Gasteiger charge is 2.70. The molecule has 5 rings (SSSR count). The quantitative estimate of drug-likeness (QED) is 0.706. The SMILES string of the molecule is C[C@@H]1CC[C@]2(C)C3C[C@H](O)[C@@]4(C)C(CCC45OCCO5)C3CC[C@@H]2C1. The van der Waals surface area contributed by atoms with Crippen LogP contribution in [0.1, 0.15) is 72.1 Å². The molecule has 0 amide bonds. The maximum absolute atomic E-state index is 11.4. The molecule has 3 unspecified atom stereocenters. The van der Waals surface area contributed by atoms with Crippen molar-refractivity contribution >= 4 is 0 Å². The van der Waals surface area contributed by atoms with Crippen molar-refractivity contribution in [2.45, 2.75) is 84.0 Å². The predicted octanol–water partition coefficient (Wildman–Crippen LogP) is 4.38. The summed E-state index contributed by atoms with van der Waals surface area (Å²) in [4.78, 5) is 0. The van der Waals surface area contributed by atoms with Crippen molar-refractivity contribution in [3.8, 4) is 0 Å². The molecule has 1 spiro atoms. The molecule has 25 heavy (non-hydrogen) atoms. The second kappa shape index (κ2) is 5.45. The van der Waals surface area contributed by atoms with Crippen LogP contribution in [0.15, 0.2) is 0 Å². The van der Waals surface area contributed by atoms with Crippen LogP contribution in [0.25, 0.3) is 0 Å². The third-order valence-corrected chi connectivity index (χ3v) is 9.82. The molecule has 1 aliphatic heterocycles. The van der Waals surface area contributed by atoms with Crippen molar-refractivity contribution in [2.75, 3.05) is 13.2 Å². The predicted molar refractivity (Wildman–Crippen MR) is 96.9 cm³/mol. The molecule has 0 aromatic carbocycles. The fourth-order valence-corrected chi connectivity index (χ4v) is 8.33. The Bertz CT molecular complexity index is 541. The van der Waals surface area contributed by atoms with Gasteiger partial charge in [0, 0.05) is 6.42 Å². The topological polar surface area (TPSA) is 38.7 Å². The standard InChI is InChI=1S/C22H36O3/c1-14-6-8-20(2)15(12-14)4-5-16-17-7-9-22(24-10-11-25-22)21(17,3)19(23)13-18(16)20/h14-19,23H,4-13H2,1-3H3/t14-,15-,16?,17?,18?,19+,20+,21-/m1/s1. The zero-order valence-electron chi connectivity index (χ0n) is 16.3. The van der Waals surface area contributed by atoms with E-state index in [4.69, 9.17) is 9.47 Å². The van der Waals surface area contributed by atoms with Crippen LogP contribution < -0.4 is 0 Å². The molecule has 5 fully saturated rings. The smallest absolute Gasteiger partial charge is 0.176 e. The van der Waals surface area contributed by atoms with E-state index in [-0.39, 0.29) is 11.5 Å². The molecule has 0 bridgehead atoms. The van der Waals surface area contributed by atoms with Crippen molar-refractivity contribution < 1.29 is 14.6 Å². The summed E-state index contributed by atoms with van der Waals surface area (Å²) >= 11 is 0. The van der Waals surface area contributed by atoms with Gasteiger partial charge in [-0.1, -0.05) is 27.2 Å². The summed E-state index contributed by atoms with van der Waals surface area (Å²) in [5.74, 6) is 3.29. The van der Waals surface area contributed by atoms with E-state index < -0.39 is 5.79 Å². The van der Waals surface area contributed by atoms with Gasteiger partial charge in [-0.25, -0.2) is 0 Å². The van der Waals surface area contributed by atoms with E-state index in [2.05, 4.69) is 20.8 Å². The van der Waals surface area contributed by atoms with Crippen molar-refractivity contribution in [1.29, 1.82) is 0 Å². The second-order valence-electron chi connectivity index (χ2n) is 10.6. The number of ether oxygens (including phenoxy) is 2. The first-order valence-corrected chi connectivity index (χ1v) is 10.9. The molecule has 4 aliphatic carbocycles. The van der Waals surface area contributed by atoms with Crippen LogP contribution in [0.4, 0.5) is 0 Å². The molecule has 4 saturated carbocycles. The lowest BCUT2D eigenvalue weighted by Gasteiger charge is -2.62. The Kier molecular flexibility index (Phi) is 3.71. The minimum absolute atomic E-state index is 0.212. The molecule has 3 nitrogen and oxygen atoms in total. The van der Waals surface area contributed by atoms with Crippen molar-refractivity contribution in [3.63, 3.8) is 0 Å². The fraction of sp³-hybridized carbons (Fsp3) is 1.00. The number of rotatable bonds is 0. The van der Waals surface area contributed by atoms with Crippen LogP contribution in [0.3, 0.4) is 0 Å². The number of fused-ring (bicyclic) bond motifs is 6. The lowest BCUT2D eigenvalue weighted by atomic mass is 9.44. The van der Waals surface area contributed by atoms with Gasteiger partial charge in [0.15, 0.2) is 5.79 Å². The van der Waals surface area contributed by atoms with E-state index in [1.807, 2.05) is 0 Å². The van der Waals surface area contributed by atoms with Crippen LogP contribution in [-0.2, 0) is 9.47 Å². The molecule has 8 atom stereocenters. The van der Waals surface area contributed by atoms with Gasteiger partial charge in [-0.3, -0.25) is 0 Å². The Morgan fingerprint density at radius 2 is 1.64 bits per heavy atom. The monoisotopic (exact) mass is 348 g/mol. The fourth-order valence-electron chi connectivity index (χ4n) is 8.33. The van der Waals surface area contributed by atoms with Crippen molar-refractivity contribution in [2.24, 2.45) is 40.4 Å². The highest BCUT2D eigenvalue weighted by molar-refractivity contribution is 5.15. The Morgan fingerprint density at radius 3 is 2.40 bits per heavy atom. The lowest BCUT2D eigenvalue weighted by Crippen LogP contribution is -2.62. The van der Waals surface area contributed by atoms with Gasteiger partial charge in [0.2, 0.25) is 0 Å². The first-order valence-electron chi connectivity index (χ1n) is 10.9. The Labute approximate surface area is 152 Å². The Balaban J connectivity index is 1.49. The summed E-state index contributed by atoms with van der Waals surface area (Å²) in [6.45, 7) is 8.69. The first-order chi connectivity index (χ1) is 11.9. The summed E-state index contributed by atoms with van der Waals surface area (Å²) in [5.41, 5.74) is 0.237. The summed E-state index contributed by atoms with van der Waals surface area (Å²) in [5, 5.41) is 11.4. The van der Waals surface area contributed by atoms with Crippen molar-refractivity contribution in [3.05, 3.63) is 0 Å². The average Bonchev–Trinajstić information content (AvgIpc) is 3.18. The Hall–Kier alpha value is -0.120. The summed E-state index contributed by atoms with van der Waals surface area (Å²) in [7, 11) is 0. The molecule has 0 aromatic rings. The molecule has 0 radical (unpaired) electrons. The summed E-state index contributed by atoms with van der Waals surface area (Å²) < 4.78 is 12.4. The largest absolute Gasteiger partial charge is 0.392 e. The van der Waals surface area contributed by atoms with Crippen LogP contribution in [0.5, 0.6) is 0 Å². The van der Waals surface area contributed by atoms with Gasteiger partial charge >= 0.3 is 0 Å². The molecule has 3 heteroatoms. The van der Waals surface area contributed by atoms with Gasteiger partial charge in [0.05, 0.1) is 24.7 Å². The van der Waals surface area contributed by atoms with E-state index in [1.165, 1.54) is 38.5 Å². The molecule has 1 N–H and O–H groups in total. The maximum Gasteiger partial charge on any atom is 0.176 e. The molecule has 1 heterocycles. The normalized spacial score (nSPS) is 57.1. The van der Waals surface area contributed by atoms with Crippen molar-refractivity contribution in [1.82, 2.24) is 0 Å². The lowest BCUT2D eigenvalue weighted by molar-refractivity contribution is -0.279. The van der Waals surface area contributed by atoms with E-state index in [0.717, 1.165) is 30.6 Å². The number of aliphatic hydroxyl groups is 1. The third-order valence-electron chi connectivity index (χ3n) is 9.82. The maximum atomic E-state index is 11.4. The second-order valence-corrected chi connectivity index (χ2v) is 10.6. The molecule has 1 saturated heterocycles. The van der Waals surface area contributed by atoms with Gasteiger partial charge in [-0.15, -0.1) is 0 Å². The van der Waals surface area contributed by atoms with Gasteiger partial charge in [-0.2, -0.15) is 0 Å². The van der Waals surface area contributed by atoms with Gasteiger partial charge in [0.1, 0.15) is 0 Å². The van der Waals surface area contributed by atoms with Crippen LogP contribution in [0, 0.1) is 40.4 Å². The summed E-state index contributed by atoms with van der Waals surface area (Å²) in [6, 6.07) is 0. The minimum atomic E-state index is -0.499. The molecular weight excluding hydrogens is 312 g/mol. The van der Waals surface area contributed by atoms with Gasteiger partial charge in [0.25, 0.3) is 0 Å². The molecule has 0 aromatic heterocycles. The van der Waals surface area contributed by atoms with E-state index >= 15 is 0 Å². The molecule has 5 aliphatic rings. The van der Waals surface area contributed by atoms with Gasteiger partial charge < -0.3 is 14.6 Å². The van der Waals surface area contributed by atoms with E-state index in [1.54, 1.807) is 0 Å². The number of aliphatic hydroxyl groups excluding tert-OH is 1. The molecule has 142 valence electrons. The van der Waals surface area contributed by atoms with Crippen LogP contribution in [-0.4, -0.2) is 30.2 Å². The average molecular weight is 349 g/mol. The minimum Gasteiger partial charge on any atom is -0.392 e. The Morgan fingerprint density at radius 1 is 0.880 bits per heavy atom. The zero-order valence-corrected chi connectivity index (χ0v) is 16.3. The van der Waals surface area contributed by atoms with E-state index in [0.29, 0.717) is 30.5 Å². The van der Waals surface area contributed by atoms with E-state index in [9.17, 15) is 5.11 Å². The molecular formula is C22H36O3. The van der Waals surface area contributed by atoms with Gasteiger partial charge in [-0.05, 0) is 73.5 Å².